The molecule has 0 amide bonds. The second kappa shape index (κ2) is 19.7. The van der Waals surface area contributed by atoms with E-state index in [9.17, 15) is 62.3 Å². The van der Waals surface area contributed by atoms with E-state index in [1.165, 1.54) is 12.4 Å². The van der Waals surface area contributed by atoms with E-state index in [4.69, 9.17) is 4.74 Å². The van der Waals surface area contributed by atoms with Crippen LogP contribution in [0.5, 0.6) is 5.75 Å². The lowest BCUT2D eigenvalue weighted by molar-refractivity contribution is -0.683. The normalized spacial score (nSPS) is 11.4. The smallest absolute Gasteiger partial charge is 0.368 e. The number of carbonyl (C=O) groups is 2. The number of carbonyl (C=O) groups excluding carboxylic acids is 2. The average Bonchev–Trinajstić information content (AvgIpc) is 3.35. The maximum atomic E-state index is 15.4. The van der Waals surface area contributed by atoms with Crippen LogP contribution in [0.2, 0.25) is 0 Å². The highest BCUT2D eigenvalue weighted by molar-refractivity contribution is 7.20. The Bertz CT molecular complexity index is 2900. The summed E-state index contributed by atoms with van der Waals surface area (Å²) in [6, 6.07) is 16.3. The molecule has 0 saturated carbocycles. The molecule has 0 unspecified atom stereocenters. The van der Waals surface area contributed by atoms with Crippen molar-refractivity contribution in [3.05, 3.63) is 206 Å². The number of halogens is 20. The van der Waals surface area contributed by atoms with E-state index in [1.54, 1.807) is 35.0 Å². The van der Waals surface area contributed by atoms with Crippen LogP contribution in [0.3, 0.4) is 0 Å². The van der Waals surface area contributed by atoms with E-state index in [0.29, 0.717) is 11.3 Å². The van der Waals surface area contributed by atoms with E-state index in [1.807, 2.05) is 37.3 Å². The fourth-order valence-electron chi connectivity index (χ4n) is 7.21. The first-order valence-corrected chi connectivity index (χ1v) is 18.8. The molecule has 0 aliphatic carbocycles. The van der Waals surface area contributed by atoms with E-state index < -0.39 is 150 Å². The quantitative estimate of drug-likeness (QED) is 0.0213. The first kappa shape index (κ1) is 51.6. The minimum atomic E-state index is -7.22. The summed E-state index contributed by atoms with van der Waals surface area (Å²) in [5.74, 6) is -71.5. The van der Waals surface area contributed by atoms with Crippen LogP contribution in [0.15, 0.2) is 73.2 Å². The first-order chi connectivity index (χ1) is 32.8. The van der Waals surface area contributed by atoms with E-state index in [2.05, 4.69) is 4.98 Å². The van der Waals surface area contributed by atoms with Crippen molar-refractivity contribution in [1.29, 1.82) is 0 Å². The fourth-order valence-corrected chi connectivity index (χ4v) is 7.21. The molecule has 26 heteroatoms. The Morgan fingerprint density at radius 1 is 0.457 bits per heavy atom. The summed E-state index contributed by atoms with van der Waals surface area (Å²) in [6.07, 6.45) is -2.58. The maximum absolute atomic E-state index is 15.4. The molecule has 0 fully saturated rings. The summed E-state index contributed by atoms with van der Waals surface area (Å²) in [6.45, 7) is 1.98. The summed E-state index contributed by atoms with van der Waals surface area (Å²) in [5, 5.41) is 0. The molecule has 1 aromatic heterocycles. The highest BCUT2D eigenvalue weighted by Crippen LogP contribution is 2.31. The highest BCUT2D eigenvalue weighted by Gasteiger charge is 2.52. The number of benzene rings is 6. The van der Waals surface area contributed by atoms with Crippen LogP contribution in [-0.4, -0.2) is 22.9 Å². The van der Waals surface area contributed by atoms with Gasteiger partial charge >= 0.3 is 5.97 Å². The zero-order valence-corrected chi connectivity index (χ0v) is 33.9. The predicted octanol–water partition coefficient (Wildman–Crippen LogP) is 8.63. The predicted molar refractivity (Wildman–Crippen MR) is 201 cm³/mol. The number of hydrogen-bond donors (Lipinski definition) is 0. The van der Waals surface area contributed by atoms with Crippen molar-refractivity contribution < 1.29 is 107 Å². The van der Waals surface area contributed by atoms with E-state index >= 15 is 35.1 Å². The molecule has 7 aromatic rings. The molecular formula is C44H17BF20N2O3. The molecule has 0 atom stereocenters. The number of aryl methyl sites for hydroxylation is 1. The molecule has 70 heavy (non-hydrogen) atoms. The zero-order chi connectivity index (χ0) is 52.0. The zero-order valence-electron chi connectivity index (χ0n) is 33.9. The number of esters is 1. The topological polar surface area (TPSA) is 60.1 Å². The van der Waals surface area contributed by atoms with Crippen LogP contribution in [0, 0.1) is 123 Å². The van der Waals surface area contributed by atoms with Gasteiger partial charge in [0.25, 0.3) is 0 Å². The molecular weight excluding hydrogens is 995 g/mol. The van der Waals surface area contributed by atoms with Gasteiger partial charge in [0.15, 0.2) is 76.0 Å². The molecule has 0 bridgehead atoms. The number of rotatable bonds is 9. The van der Waals surface area contributed by atoms with Crippen LogP contribution in [0.4, 0.5) is 87.8 Å². The molecule has 0 N–H and O–H groups in total. The van der Waals surface area contributed by atoms with Crippen molar-refractivity contribution in [1.82, 2.24) is 4.98 Å². The standard InChI is InChI=1S/C24BF20.C20H17N2O3/c26-5-1(6(27)14(35)21(42)13(5)34)25(2-7(28)15(36)22(43)16(37)8(2)29,3-9(30)17(38)23(44)18(39)10(3)31)4-11(32)19(40)24(45)20(41)12(4)33;1-15-7-5-6-10-19(15)25-20(24)17-13-22(12-11-21-17)14-18(23)16-8-3-2-4-9-16/h;2-13H,14H2,1H3/q-1;+1. The van der Waals surface area contributed by atoms with Gasteiger partial charge < -0.3 is 4.74 Å². The number of hydrogen-bond acceptors (Lipinski definition) is 4. The lowest BCUT2D eigenvalue weighted by Gasteiger charge is -2.44. The lowest BCUT2D eigenvalue weighted by Crippen LogP contribution is -2.81. The van der Waals surface area contributed by atoms with Gasteiger partial charge in [-0.3, -0.25) is 4.79 Å². The SMILES string of the molecule is Cc1ccccc1OC(=O)c1c[n+](CC(=O)c2ccccc2)ccn1.Fc1c(F)c(F)c([B-](c2c(F)c(F)c(F)c(F)c2F)(c2c(F)c(F)c(F)c(F)c2F)c2c(F)c(F)c(F)c(F)c2F)c(F)c1F. The van der Waals surface area contributed by atoms with Gasteiger partial charge in [-0.2, -0.15) is 4.57 Å². The molecule has 364 valence electrons. The second-order valence-corrected chi connectivity index (χ2v) is 14.4. The summed E-state index contributed by atoms with van der Waals surface area (Å²) in [4.78, 5) is 28.6. The number of Topliss-reactive ketones (excluding diaryl/α,β-unsaturated/α-hetero) is 1. The Kier molecular flexibility index (Phi) is 14.5. The second-order valence-electron chi connectivity index (χ2n) is 14.4. The molecule has 0 aliphatic heterocycles. The molecule has 5 nitrogen and oxygen atoms in total. The molecule has 0 saturated heterocycles. The minimum absolute atomic E-state index is 0.0463. The molecule has 6 aromatic carbocycles. The summed E-state index contributed by atoms with van der Waals surface area (Å²) < 4.78 is 301. The Hall–Kier alpha value is -7.80. The van der Waals surface area contributed by atoms with Gasteiger partial charge in [-0.15, -0.1) is 21.9 Å². The Morgan fingerprint density at radius 3 is 1.11 bits per heavy atom. The number of para-hydroxylation sites is 1. The van der Waals surface area contributed by atoms with Crippen LogP contribution in [0.1, 0.15) is 26.4 Å². The summed E-state index contributed by atoms with van der Waals surface area (Å²) in [7, 11) is 0. The van der Waals surface area contributed by atoms with Crippen molar-refractivity contribution in [3.8, 4) is 5.75 Å². The molecule has 0 radical (unpaired) electrons. The molecule has 7 rings (SSSR count). The van der Waals surface area contributed by atoms with Gasteiger partial charge in [0.05, 0.1) is 6.20 Å². The number of nitrogens with zero attached hydrogens (tertiary/aromatic N) is 2. The van der Waals surface area contributed by atoms with Gasteiger partial charge in [0, 0.05) is 5.56 Å². The van der Waals surface area contributed by atoms with Crippen LogP contribution < -0.4 is 31.2 Å². The average molecular weight is 1010 g/mol. The van der Waals surface area contributed by atoms with Gasteiger partial charge in [-0.25, -0.2) is 97.6 Å². The minimum Gasteiger partial charge on any atom is -0.421 e. The van der Waals surface area contributed by atoms with Crippen molar-refractivity contribution >= 4 is 39.7 Å². The molecule has 0 aliphatic rings. The molecule has 0 spiro atoms. The van der Waals surface area contributed by atoms with Gasteiger partial charge in [-0.1, -0.05) is 48.5 Å². The number of ether oxygens (including phenoxy) is 1. The maximum Gasteiger partial charge on any atom is 0.368 e. The Labute approximate surface area is 376 Å². The van der Waals surface area contributed by atoms with Crippen LogP contribution in [0.25, 0.3) is 0 Å². The van der Waals surface area contributed by atoms with Crippen LogP contribution in [-0.2, 0) is 6.54 Å². The van der Waals surface area contributed by atoms with Crippen molar-refractivity contribution in [2.24, 2.45) is 0 Å². The van der Waals surface area contributed by atoms with E-state index in [0.717, 1.165) is 5.56 Å². The Balaban J connectivity index is 0.000000270. The van der Waals surface area contributed by atoms with Gasteiger partial charge in [0.1, 0.15) is 58.4 Å². The molecule has 1 heterocycles. The highest BCUT2D eigenvalue weighted by atomic mass is 19.2. The number of aromatic nitrogens is 2. The summed E-state index contributed by atoms with van der Waals surface area (Å²) in [5.41, 5.74) is -12.7. The van der Waals surface area contributed by atoms with Crippen molar-refractivity contribution in [3.63, 3.8) is 0 Å². The third-order valence-electron chi connectivity index (χ3n) is 10.4. The van der Waals surface area contributed by atoms with Crippen molar-refractivity contribution in [2.45, 2.75) is 13.5 Å². The fraction of sp³-hybridized carbons (Fsp3) is 0.0455. The van der Waals surface area contributed by atoms with Gasteiger partial charge in [0.2, 0.25) is 24.2 Å². The lowest BCUT2D eigenvalue weighted by atomic mass is 9.12. The Morgan fingerprint density at radius 2 is 0.771 bits per heavy atom. The van der Waals surface area contributed by atoms with E-state index in [-0.39, 0.29) is 18.0 Å². The third kappa shape index (κ3) is 8.54. The summed E-state index contributed by atoms with van der Waals surface area (Å²) >= 11 is 0. The van der Waals surface area contributed by atoms with Gasteiger partial charge in [-0.05, 0) is 18.6 Å². The van der Waals surface area contributed by atoms with Crippen LogP contribution >= 0.6 is 0 Å². The third-order valence-corrected chi connectivity index (χ3v) is 10.4. The monoisotopic (exact) mass is 1010 g/mol. The number of ketones is 1. The van der Waals surface area contributed by atoms with Crippen molar-refractivity contribution in [2.75, 3.05) is 0 Å². The largest absolute Gasteiger partial charge is 0.421 e. The first-order valence-electron chi connectivity index (χ1n) is 18.8.